The molecule has 2 rings (SSSR count). The minimum absolute atomic E-state index is 0.862. The molecule has 2 aromatic rings. The van der Waals surface area contributed by atoms with Crippen molar-refractivity contribution in [1.29, 1.82) is 0 Å². The van der Waals surface area contributed by atoms with Gasteiger partial charge in [-0.1, -0.05) is 89.0 Å². The van der Waals surface area contributed by atoms with Crippen molar-refractivity contribution in [2.75, 3.05) is 0 Å². The molecular formula is C24H33O. The van der Waals surface area contributed by atoms with E-state index in [1.807, 2.05) is 24.3 Å². The molecule has 0 heterocycles. The zero-order valence-corrected chi connectivity index (χ0v) is 15.8. The normalized spacial score (nSPS) is 10.8. The Kier molecular flexibility index (Phi) is 9.84. The van der Waals surface area contributed by atoms with E-state index >= 15 is 0 Å². The summed E-state index contributed by atoms with van der Waals surface area (Å²) in [5, 5.41) is 0. The molecule has 1 nitrogen and oxygen atoms in total. The smallest absolute Gasteiger partial charge is 0.127 e. The van der Waals surface area contributed by atoms with Crippen molar-refractivity contribution in [1.82, 2.24) is 0 Å². The highest BCUT2D eigenvalue weighted by molar-refractivity contribution is 5.32. The predicted octanol–water partition coefficient (Wildman–Crippen LogP) is 7.74. The van der Waals surface area contributed by atoms with Gasteiger partial charge in [0, 0.05) is 0 Å². The number of aryl methyl sites for hydroxylation is 1. The van der Waals surface area contributed by atoms with Gasteiger partial charge in [-0.3, -0.25) is 0 Å². The third kappa shape index (κ3) is 8.77. The Hall–Kier alpha value is -1.76. The topological polar surface area (TPSA) is 9.23 Å². The number of ether oxygens (including phenoxy) is 1. The van der Waals surface area contributed by atoms with Crippen LogP contribution in [-0.2, 0) is 6.42 Å². The SMILES string of the molecule is CCCCCCCCCCCCc1ccc(Oc2cc[c]cc2)cc1. The first-order chi connectivity index (χ1) is 12.4. The van der Waals surface area contributed by atoms with E-state index in [2.05, 4.69) is 37.3 Å². The van der Waals surface area contributed by atoms with Crippen LogP contribution in [0.1, 0.15) is 76.7 Å². The molecule has 2 aromatic carbocycles. The van der Waals surface area contributed by atoms with E-state index in [9.17, 15) is 0 Å². The third-order valence-corrected chi connectivity index (χ3v) is 4.67. The van der Waals surface area contributed by atoms with Gasteiger partial charge < -0.3 is 4.74 Å². The Balaban J connectivity index is 1.53. The molecule has 0 unspecified atom stereocenters. The minimum Gasteiger partial charge on any atom is -0.457 e. The first-order valence-electron chi connectivity index (χ1n) is 10.1. The zero-order valence-electron chi connectivity index (χ0n) is 15.8. The summed E-state index contributed by atoms with van der Waals surface area (Å²) in [5.41, 5.74) is 1.41. The highest BCUT2D eigenvalue weighted by atomic mass is 16.5. The number of rotatable bonds is 13. The largest absolute Gasteiger partial charge is 0.457 e. The minimum atomic E-state index is 0.862. The maximum atomic E-state index is 5.82. The van der Waals surface area contributed by atoms with Crippen LogP contribution in [0.5, 0.6) is 11.5 Å². The summed E-state index contributed by atoms with van der Waals surface area (Å²) >= 11 is 0. The molecule has 0 atom stereocenters. The fourth-order valence-electron chi connectivity index (χ4n) is 3.12. The Morgan fingerprint density at radius 2 is 1.16 bits per heavy atom. The fraction of sp³-hybridized carbons (Fsp3) is 0.500. The molecule has 0 spiro atoms. The van der Waals surface area contributed by atoms with Gasteiger partial charge in [-0.2, -0.15) is 0 Å². The highest BCUT2D eigenvalue weighted by Crippen LogP contribution is 2.21. The van der Waals surface area contributed by atoms with Crippen molar-refractivity contribution in [2.24, 2.45) is 0 Å². The molecular weight excluding hydrogens is 304 g/mol. The van der Waals surface area contributed by atoms with Gasteiger partial charge in [0.1, 0.15) is 11.5 Å². The van der Waals surface area contributed by atoms with Gasteiger partial charge >= 0.3 is 0 Å². The Bertz CT molecular complexity index is 544. The predicted molar refractivity (Wildman–Crippen MR) is 107 cm³/mol. The molecule has 0 fully saturated rings. The van der Waals surface area contributed by atoms with Crippen molar-refractivity contribution in [3.05, 3.63) is 60.2 Å². The average Bonchev–Trinajstić information content (AvgIpc) is 2.65. The summed E-state index contributed by atoms with van der Waals surface area (Å²) in [6.07, 6.45) is 15.1. The van der Waals surface area contributed by atoms with Crippen LogP contribution in [0.2, 0.25) is 0 Å². The van der Waals surface area contributed by atoms with Gasteiger partial charge in [0.05, 0.1) is 0 Å². The van der Waals surface area contributed by atoms with Crippen LogP contribution in [0.25, 0.3) is 0 Å². The van der Waals surface area contributed by atoms with Crippen LogP contribution in [0.3, 0.4) is 0 Å². The van der Waals surface area contributed by atoms with Gasteiger partial charge in [-0.05, 0) is 48.7 Å². The first kappa shape index (κ1) is 19.6. The molecule has 0 bridgehead atoms. The molecule has 0 saturated carbocycles. The zero-order chi connectivity index (χ0) is 17.6. The van der Waals surface area contributed by atoms with Crippen molar-refractivity contribution in [3.63, 3.8) is 0 Å². The Morgan fingerprint density at radius 1 is 0.640 bits per heavy atom. The molecule has 0 N–H and O–H groups in total. The highest BCUT2D eigenvalue weighted by Gasteiger charge is 1.98. The summed E-state index contributed by atoms with van der Waals surface area (Å²) < 4.78 is 5.82. The van der Waals surface area contributed by atoms with Gasteiger partial charge in [0.25, 0.3) is 0 Å². The van der Waals surface area contributed by atoms with E-state index in [1.54, 1.807) is 0 Å². The van der Waals surface area contributed by atoms with Crippen LogP contribution in [-0.4, -0.2) is 0 Å². The van der Waals surface area contributed by atoms with E-state index in [1.165, 1.54) is 76.2 Å². The lowest BCUT2D eigenvalue weighted by Crippen LogP contribution is -1.88. The lowest BCUT2D eigenvalue weighted by Gasteiger charge is -2.07. The number of benzene rings is 2. The van der Waals surface area contributed by atoms with E-state index < -0.39 is 0 Å². The van der Waals surface area contributed by atoms with Crippen LogP contribution in [0.15, 0.2) is 48.5 Å². The molecule has 0 saturated heterocycles. The molecule has 0 aliphatic carbocycles. The molecule has 0 amide bonds. The number of hydrogen-bond acceptors (Lipinski definition) is 1. The molecule has 1 heteroatoms. The quantitative estimate of drug-likeness (QED) is 0.340. The molecule has 0 aliphatic heterocycles. The van der Waals surface area contributed by atoms with Crippen molar-refractivity contribution >= 4 is 0 Å². The summed E-state index contributed by atoms with van der Waals surface area (Å²) in [4.78, 5) is 0. The van der Waals surface area contributed by atoms with Crippen molar-refractivity contribution < 1.29 is 4.74 Å². The van der Waals surface area contributed by atoms with Gasteiger partial charge in [0.2, 0.25) is 0 Å². The summed E-state index contributed by atoms with van der Waals surface area (Å²) in [6, 6.07) is 19.1. The standard InChI is InChI=1S/C24H33O/c1-2-3-4-5-6-7-8-9-10-12-15-22-18-20-24(21-19-22)25-23-16-13-11-14-17-23/h13-14,16-21H,2-10,12,15H2,1H3. The fourth-order valence-corrected chi connectivity index (χ4v) is 3.12. The second-order valence-electron chi connectivity index (χ2n) is 6.91. The van der Waals surface area contributed by atoms with E-state index in [0.717, 1.165) is 11.5 Å². The summed E-state index contributed by atoms with van der Waals surface area (Å²) in [5.74, 6) is 1.76. The van der Waals surface area contributed by atoms with E-state index in [0.29, 0.717) is 0 Å². The van der Waals surface area contributed by atoms with Gasteiger partial charge in [-0.15, -0.1) is 0 Å². The molecule has 135 valence electrons. The number of unbranched alkanes of at least 4 members (excludes halogenated alkanes) is 9. The lowest BCUT2D eigenvalue weighted by molar-refractivity contribution is 0.482. The Labute approximate surface area is 154 Å². The van der Waals surface area contributed by atoms with Crippen LogP contribution in [0.4, 0.5) is 0 Å². The molecule has 1 radical (unpaired) electrons. The summed E-state index contributed by atoms with van der Waals surface area (Å²) in [7, 11) is 0. The van der Waals surface area contributed by atoms with E-state index in [4.69, 9.17) is 4.74 Å². The second-order valence-corrected chi connectivity index (χ2v) is 6.91. The average molecular weight is 338 g/mol. The van der Waals surface area contributed by atoms with Crippen molar-refractivity contribution in [2.45, 2.75) is 77.6 Å². The van der Waals surface area contributed by atoms with Crippen LogP contribution >= 0.6 is 0 Å². The third-order valence-electron chi connectivity index (χ3n) is 4.67. The maximum absolute atomic E-state index is 5.82. The summed E-state index contributed by atoms with van der Waals surface area (Å²) in [6.45, 7) is 2.28. The maximum Gasteiger partial charge on any atom is 0.127 e. The second kappa shape index (κ2) is 12.6. The molecule has 0 aromatic heterocycles. The molecule has 0 aliphatic rings. The van der Waals surface area contributed by atoms with Gasteiger partial charge in [-0.25, -0.2) is 0 Å². The monoisotopic (exact) mass is 337 g/mol. The van der Waals surface area contributed by atoms with Crippen LogP contribution in [0, 0.1) is 6.07 Å². The van der Waals surface area contributed by atoms with Crippen LogP contribution < -0.4 is 4.74 Å². The van der Waals surface area contributed by atoms with Gasteiger partial charge in [0.15, 0.2) is 0 Å². The first-order valence-corrected chi connectivity index (χ1v) is 10.1. The van der Waals surface area contributed by atoms with Crippen molar-refractivity contribution in [3.8, 4) is 11.5 Å². The lowest BCUT2D eigenvalue weighted by atomic mass is 10.0. The number of hydrogen-bond donors (Lipinski definition) is 0. The van der Waals surface area contributed by atoms with E-state index in [-0.39, 0.29) is 0 Å². The molecule has 25 heavy (non-hydrogen) atoms. The Morgan fingerprint density at radius 3 is 1.76 bits per heavy atom.